The second-order valence-corrected chi connectivity index (χ2v) is 7.14. The van der Waals surface area contributed by atoms with Crippen LogP contribution in [0.5, 0.6) is 0 Å². The lowest BCUT2D eigenvalue weighted by Gasteiger charge is -2.13. The minimum absolute atomic E-state index is 0.0927. The molecule has 1 atom stereocenters. The molecule has 19 heavy (non-hydrogen) atoms. The molecule has 1 heterocycles. The number of nitrogen functional groups attached to an aromatic ring is 1. The third-order valence-corrected chi connectivity index (χ3v) is 5.26. The molecule has 0 amide bonds. The van der Waals surface area contributed by atoms with Crippen molar-refractivity contribution in [2.24, 2.45) is 0 Å². The SMILES string of the molecule is Cc1cnc(C(C)NS(=O)(=O)c2ccccc2N)s1. The number of nitrogens with two attached hydrogens (primary N) is 1. The molecule has 0 saturated carbocycles. The van der Waals surface area contributed by atoms with Crippen LogP contribution in [0.3, 0.4) is 0 Å². The Morgan fingerprint density at radius 2 is 2.05 bits per heavy atom. The molecular formula is C12H15N3O2S2. The number of rotatable bonds is 4. The van der Waals surface area contributed by atoms with E-state index in [1.165, 1.54) is 17.4 Å². The van der Waals surface area contributed by atoms with Crippen molar-refractivity contribution < 1.29 is 8.42 Å². The van der Waals surface area contributed by atoms with Crippen molar-refractivity contribution in [3.05, 3.63) is 40.3 Å². The first-order chi connectivity index (χ1) is 8.90. The van der Waals surface area contributed by atoms with Crippen molar-refractivity contribution in [2.45, 2.75) is 24.8 Å². The molecule has 0 aliphatic heterocycles. The Morgan fingerprint density at radius 1 is 1.37 bits per heavy atom. The van der Waals surface area contributed by atoms with Crippen LogP contribution >= 0.6 is 11.3 Å². The van der Waals surface area contributed by atoms with Crippen LogP contribution in [0.1, 0.15) is 22.9 Å². The molecular weight excluding hydrogens is 282 g/mol. The summed E-state index contributed by atoms with van der Waals surface area (Å²) >= 11 is 1.47. The van der Waals surface area contributed by atoms with Crippen molar-refractivity contribution in [1.29, 1.82) is 0 Å². The summed E-state index contributed by atoms with van der Waals surface area (Å²) in [5.74, 6) is 0. The molecule has 0 aliphatic rings. The Hall–Kier alpha value is -1.44. The maximum absolute atomic E-state index is 12.2. The topological polar surface area (TPSA) is 85.1 Å². The third-order valence-electron chi connectivity index (χ3n) is 2.55. The summed E-state index contributed by atoms with van der Waals surface area (Å²) in [6, 6.07) is 6.00. The van der Waals surface area contributed by atoms with Gasteiger partial charge >= 0.3 is 0 Å². The molecule has 2 aromatic rings. The predicted octanol–water partition coefficient (Wildman–Crippen LogP) is 2.07. The molecule has 0 spiro atoms. The Labute approximate surface area is 116 Å². The molecule has 1 aromatic carbocycles. The maximum atomic E-state index is 12.2. The highest BCUT2D eigenvalue weighted by atomic mass is 32.2. The van der Waals surface area contributed by atoms with Gasteiger partial charge in [0.15, 0.2) is 0 Å². The van der Waals surface area contributed by atoms with E-state index in [0.717, 1.165) is 9.88 Å². The van der Waals surface area contributed by atoms with Crippen molar-refractivity contribution in [1.82, 2.24) is 9.71 Å². The van der Waals surface area contributed by atoms with Crippen LogP contribution in [-0.2, 0) is 10.0 Å². The third kappa shape index (κ3) is 3.12. The van der Waals surface area contributed by atoms with Gasteiger partial charge in [0.2, 0.25) is 10.0 Å². The normalized spacial score (nSPS) is 13.4. The zero-order chi connectivity index (χ0) is 14.0. The minimum Gasteiger partial charge on any atom is -0.398 e. The summed E-state index contributed by atoms with van der Waals surface area (Å²) in [4.78, 5) is 5.31. The molecule has 5 nitrogen and oxygen atoms in total. The fourth-order valence-electron chi connectivity index (χ4n) is 1.64. The summed E-state index contributed by atoms with van der Waals surface area (Å²) in [6.07, 6.45) is 1.72. The number of aromatic nitrogens is 1. The molecule has 0 aliphatic carbocycles. The van der Waals surface area contributed by atoms with Crippen molar-refractivity contribution in [3.63, 3.8) is 0 Å². The number of thiazole rings is 1. The van der Waals surface area contributed by atoms with Gasteiger partial charge in [-0.2, -0.15) is 0 Å². The zero-order valence-corrected chi connectivity index (χ0v) is 12.3. The van der Waals surface area contributed by atoms with Crippen LogP contribution in [0.2, 0.25) is 0 Å². The zero-order valence-electron chi connectivity index (χ0n) is 10.6. The van der Waals surface area contributed by atoms with Crippen LogP contribution in [0.15, 0.2) is 35.4 Å². The van der Waals surface area contributed by atoms with Crippen LogP contribution in [0.25, 0.3) is 0 Å². The first-order valence-electron chi connectivity index (χ1n) is 5.69. The number of benzene rings is 1. The molecule has 1 unspecified atom stereocenters. The van der Waals surface area contributed by atoms with E-state index >= 15 is 0 Å². The number of aryl methyl sites for hydroxylation is 1. The standard InChI is InChI=1S/C12H15N3O2S2/c1-8-7-14-12(18-8)9(2)15-19(16,17)11-6-4-3-5-10(11)13/h3-7,9,15H,13H2,1-2H3. The lowest BCUT2D eigenvalue weighted by molar-refractivity contribution is 0.567. The molecule has 1 aromatic heterocycles. The molecule has 102 valence electrons. The number of para-hydroxylation sites is 1. The summed E-state index contributed by atoms with van der Waals surface area (Å²) in [6.45, 7) is 3.69. The van der Waals surface area contributed by atoms with E-state index in [-0.39, 0.29) is 16.6 Å². The average molecular weight is 297 g/mol. The number of nitrogens with zero attached hydrogens (tertiary/aromatic N) is 1. The van der Waals surface area contributed by atoms with Gasteiger partial charge in [-0.1, -0.05) is 12.1 Å². The minimum atomic E-state index is -3.64. The van der Waals surface area contributed by atoms with Crippen molar-refractivity contribution in [3.8, 4) is 0 Å². The highest BCUT2D eigenvalue weighted by molar-refractivity contribution is 7.89. The quantitative estimate of drug-likeness (QED) is 0.846. The number of sulfonamides is 1. The van der Waals surface area contributed by atoms with Gasteiger partial charge in [0.05, 0.1) is 11.7 Å². The van der Waals surface area contributed by atoms with E-state index in [1.807, 2.05) is 6.92 Å². The average Bonchev–Trinajstić information content (AvgIpc) is 2.76. The highest BCUT2D eigenvalue weighted by Gasteiger charge is 2.21. The van der Waals surface area contributed by atoms with Gasteiger partial charge in [-0.3, -0.25) is 0 Å². The van der Waals surface area contributed by atoms with E-state index in [1.54, 1.807) is 31.3 Å². The summed E-state index contributed by atoms with van der Waals surface area (Å²) in [5, 5.41) is 0.732. The van der Waals surface area contributed by atoms with Gasteiger partial charge < -0.3 is 5.73 Å². The van der Waals surface area contributed by atoms with Gasteiger partial charge in [0.1, 0.15) is 9.90 Å². The summed E-state index contributed by atoms with van der Waals surface area (Å²) in [5.41, 5.74) is 5.93. The number of hydrogen-bond acceptors (Lipinski definition) is 5. The van der Waals surface area contributed by atoms with Gasteiger partial charge in [0.25, 0.3) is 0 Å². The Morgan fingerprint density at radius 3 is 2.63 bits per heavy atom. The second kappa shape index (κ2) is 5.28. The first kappa shape index (κ1) is 14.0. The monoisotopic (exact) mass is 297 g/mol. The van der Waals surface area contributed by atoms with Gasteiger partial charge in [-0.15, -0.1) is 11.3 Å². The van der Waals surface area contributed by atoms with Crippen molar-refractivity contribution >= 4 is 27.0 Å². The highest BCUT2D eigenvalue weighted by Crippen LogP contribution is 2.23. The van der Waals surface area contributed by atoms with Crippen molar-refractivity contribution in [2.75, 3.05) is 5.73 Å². The summed E-state index contributed by atoms with van der Waals surface area (Å²) < 4.78 is 27.0. The molecule has 3 N–H and O–H groups in total. The lowest BCUT2D eigenvalue weighted by Crippen LogP contribution is -2.27. The predicted molar refractivity (Wildman–Crippen MR) is 76.4 cm³/mol. The van der Waals surface area contributed by atoms with Crippen LogP contribution in [0, 0.1) is 6.92 Å². The largest absolute Gasteiger partial charge is 0.398 e. The molecule has 0 bridgehead atoms. The second-order valence-electron chi connectivity index (χ2n) is 4.19. The molecule has 7 heteroatoms. The van der Waals surface area contributed by atoms with E-state index < -0.39 is 10.0 Å². The van der Waals surface area contributed by atoms with Gasteiger partial charge in [0, 0.05) is 11.1 Å². The van der Waals surface area contributed by atoms with E-state index in [0.29, 0.717) is 0 Å². The van der Waals surface area contributed by atoms with Crippen LogP contribution in [-0.4, -0.2) is 13.4 Å². The molecule has 0 saturated heterocycles. The number of nitrogens with one attached hydrogen (secondary N) is 1. The van der Waals surface area contributed by atoms with Gasteiger partial charge in [-0.05, 0) is 26.0 Å². The van der Waals surface area contributed by atoms with Crippen LogP contribution in [0.4, 0.5) is 5.69 Å². The Balaban J connectivity index is 2.25. The molecule has 2 rings (SSSR count). The van der Waals surface area contributed by atoms with E-state index in [9.17, 15) is 8.42 Å². The van der Waals surface area contributed by atoms with Gasteiger partial charge in [-0.25, -0.2) is 18.1 Å². The molecule has 0 fully saturated rings. The lowest BCUT2D eigenvalue weighted by atomic mass is 10.3. The van der Waals surface area contributed by atoms with E-state index in [2.05, 4.69) is 9.71 Å². The number of hydrogen-bond donors (Lipinski definition) is 2. The Bertz CT molecular complexity index is 680. The van der Waals surface area contributed by atoms with E-state index in [4.69, 9.17) is 5.73 Å². The fourth-order valence-corrected chi connectivity index (χ4v) is 3.84. The maximum Gasteiger partial charge on any atom is 0.243 e. The Kier molecular flexibility index (Phi) is 3.88. The smallest absolute Gasteiger partial charge is 0.243 e. The number of anilines is 1. The first-order valence-corrected chi connectivity index (χ1v) is 7.99. The summed E-state index contributed by atoms with van der Waals surface area (Å²) in [7, 11) is -3.64. The van der Waals surface area contributed by atoms with Crippen LogP contribution < -0.4 is 10.5 Å². The molecule has 0 radical (unpaired) electrons. The fraction of sp³-hybridized carbons (Fsp3) is 0.250.